The summed E-state index contributed by atoms with van der Waals surface area (Å²) in [6, 6.07) is 0. The van der Waals surface area contributed by atoms with Gasteiger partial charge in [0.15, 0.2) is 0 Å². The Labute approximate surface area is 98.4 Å². The van der Waals surface area contributed by atoms with Crippen LogP contribution in [0.5, 0.6) is 0 Å². The van der Waals surface area contributed by atoms with E-state index in [4.69, 9.17) is 0 Å². The number of H-pyrrole nitrogens is 1. The first-order chi connectivity index (χ1) is 8.12. The number of anilines is 1. The summed E-state index contributed by atoms with van der Waals surface area (Å²) < 4.78 is 0. The molecular formula is C11H15N3O3. The molecule has 0 spiro atoms. The van der Waals surface area contributed by atoms with Crippen LogP contribution in [0.3, 0.4) is 0 Å². The number of aromatic amines is 1. The van der Waals surface area contributed by atoms with Gasteiger partial charge in [0.1, 0.15) is 0 Å². The van der Waals surface area contributed by atoms with Gasteiger partial charge in [-0.05, 0) is 12.8 Å². The fourth-order valence-electron chi connectivity index (χ4n) is 2.35. The molecule has 1 aliphatic rings. The molecule has 0 saturated heterocycles. The van der Waals surface area contributed by atoms with Crippen molar-refractivity contribution in [3.05, 3.63) is 12.4 Å². The quantitative estimate of drug-likeness (QED) is 0.737. The minimum absolute atomic E-state index is 0.0352. The number of hydrogen-bond donors (Lipinski definition) is 3. The Kier molecular flexibility index (Phi) is 3.12. The van der Waals surface area contributed by atoms with Gasteiger partial charge in [0.25, 0.3) is 0 Å². The molecule has 17 heavy (non-hydrogen) atoms. The van der Waals surface area contributed by atoms with E-state index in [0.29, 0.717) is 18.5 Å². The summed E-state index contributed by atoms with van der Waals surface area (Å²) in [5, 5.41) is 18.2. The Bertz CT molecular complexity index is 408. The molecule has 1 amide bonds. The van der Waals surface area contributed by atoms with Crippen LogP contribution in [0.1, 0.15) is 32.1 Å². The van der Waals surface area contributed by atoms with Gasteiger partial charge in [0.2, 0.25) is 5.91 Å². The van der Waals surface area contributed by atoms with Crippen LogP contribution in [0.2, 0.25) is 0 Å². The summed E-state index contributed by atoms with van der Waals surface area (Å²) in [4.78, 5) is 23.0. The SMILES string of the molecule is O=C(CC1(C(=O)O)CCCC1)Nc1cn[nH]c1. The van der Waals surface area contributed by atoms with E-state index in [1.807, 2.05) is 0 Å². The highest BCUT2D eigenvalue weighted by molar-refractivity contribution is 5.94. The van der Waals surface area contributed by atoms with Crippen molar-refractivity contribution in [2.24, 2.45) is 5.41 Å². The molecule has 2 rings (SSSR count). The third-order valence-corrected chi connectivity index (χ3v) is 3.30. The van der Waals surface area contributed by atoms with E-state index in [2.05, 4.69) is 15.5 Å². The standard InChI is InChI=1S/C11H15N3O3/c15-9(14-8-6-12-13-7-8)5-11(10(16)17)3-1-2-4-11/h6-7H,1-5H2,(H,12,13)(H,14,15)(H,16,17). The number of carboxylic acid groups (broad SMARTS) is 1. The lowest BCUT2D eigenvalue weighted by molar-refractivity contribution is -0.150. The van der Waals surface area contributed by atoms with Crippen LogP contribution in [0.4, 0.5) is 5.69 Å². The summed E-state index contributed by atoms with van der Waals surface area (Å²) >= 11 is 0. The first kappa shape index (κ1) is 11.6. The molecular weight excluding hydrogens is 222 g/mol. The number of aliphatic carboxylic acids is 1. The maximum Gasteiger partial charge on any atom is 0.310 e. The number of nitrogens with one attached hydrogen (secondary N) is 2. The van der Waals surface area contributed by atoms with Crippen molar-refractivity contribution >= 4 is 17.6 Å². The third kappa shape index (κ3) is 2.46. The molecule has 6 heteroatoms. The fraction of sp³-hybridized carbons (Fsp3) is 0.545. The molecule has 92 valence electrons. The molecule has 1 saturated carbocycles. The second-order valence-corrected chi connectivity index (χ2v) is 4.50. The number of amides is 1. The maximum atomic E-state index is 11.8. The zero-order valence-electron chi connectivity index (χ0n) is 9.40. The van der Waals surface area contributed by atoms with Gasteiger partial charge in [-0.3, -0.25) is 14.7 Å². The first-order valence-corrected chi connectivity index (χ1v) is 5.64. The average molecular weight is 237 g/mol. The van der Waals surface area contributed by atoms with Crippen molar-refractivity contribution in [3.8, 4) is 0 Å². The smallest absolute Gasteiger partial charge is 0.310 e. The van der Waals surface area contributed by atoms with Crippen LogP contribution in [0.15, 0.2) is 12.4 Å². The first-order valence-electron chi connectivity index (χ1n) is 5.64. The highest BCUT2D eigenvalue weighted by atomic mass is 16.4. The normalized spacial score (nSPS) is 17.9. The van der Waals surface area contributed by atoms with E-state index < -0.39 is 11.4 Å². The number of rotatable bonds is 4. The molecule has 0 bridgehead atoms. The fourth-order valence-corrected chi connectivity index (χ4v) is 2.35. The van der Waals surface area contributed by atoms with Gasteiger partial charge in [0, 0.05) is 12.6 Å². The van der Waals surface area contributed by atoms with Crippen molar-refractivity contribution in [1.82, 2.24) is 10.2 Å². The number of hydrogen-bond acceptors (Lipinski definition) is 3. The van der Waals surface area contributed by atoms with E-state index in [9.17, 15) is 14.7 Å². The summed E-state index contributed by atoms with van der Waals surface area (Å²) in [5.41, 5.74) is -0.304. The monoisotopic (exact) mass is 237 g/mol. The second kappa shape index (κ2) is 4.57. The summed E-state index contributed by atoms with van der Waals surface area (Å²) in [7, 11) is 0. The molecule has 1 aliphatic carbocycles. The Balaban J connectivity index is 1.99. The van der Waals surface area contributed by atoms with Crippen molar-refractivity contribution in [2.45, 2.75) is 32.1 Å². The van der Waals surface area contributed by atoms with E-state index in [1.165, 1.54) is 6.20 Å². The molecule has 6 nitrogen and oxygen atoms in total. The lowest BCUT2D eigenvalue weighted by atomic mass is 9.82. The minimum Gasteiger partial charge on any atom is -0.481 e. The third-order valence-electron chi connectivity index (χ3n) is 3.30. The summed E-state index contributed by atoms with van der Waals surface area (Å²) in [6.45, 7) is 0. The lowest BCUT2D eigenvalue weighted by Gasteiger charge is -2.22. The number of carbonyl (C=O) groups excluding carboxylic acids is 1. The van der Waals surface area contributed by atoms with Gasteiger partial charge < -0.3 is 10.4 Å². The van der Waals surface area contributed by atoms with Crippen molar-refractivity contribution in [2.75, 3.05) is 5.32 Å². The van der Waals surface area contributed by atoms with Crippen LogP contribution >= 0.6 is 0 Å². The molecule has 0 aromatic carbocycles. The van der Waals surface area contributed by atoms with Gasteiger partial charge >= 0.3 is 5.97 Å². The lowest BCUT2D eigenvalue weighted by Crippen LogP contribution is -2.32. The number of carbonyl (C=O) groups is 2. The zero-order valence-corrected chi connectivity index (χ0v) is 9.40. The molecule has 1 aromatic heterocycles. The Morgan fingerprint density at radius 1 is 1.47 bits per heavy atom. The maximum absolute atomic E-state index is 11.8. The Morgan fingerprint density at radius 3 is 2.71 bits per heavy atom. The van der Waals surface area contributed by atoms with Gasteiger partial charge in [-0.25, -0.2) is 0 Å². The molecule has 0 radical (unpaired) electrons. The highest BCUT2D eigenvalue weighted by Crippen LogP contribution is 2.41. The largest absolute Gasteiger partial charge is 0.481 e. The van der Waals surface area contributed by atoms with Crippen LogP contribution in [0.25, 0.3) is 0 Å². The predicted molar refractivity (Wildman–Crippen MR) is 60.4 cm³/mol. The predicted octanol–water partition coefficient (Wildman–Crippen LogP) is 1.38. The molecule has 0 unspecified atom stereocenters. The van der Waals surface area contributed by atoms with Crippen molar-refractivity contribution in [3.63, 3.8) is 0 Å². The molecule has 1 aromatic rings. The van der Waals surface area contributed by atoms with Crippen LogP contribution in [-0.2, 0) is 9.59 Å². The molecule has 3 N–H and O–H groups in total. The summed E-state index contributed by atoms with van der Waals surface area (Å²) in [5.74, 6) is -1.13. The van der Waals surface area contributed by atoms with Crippen LogP contribution < -0.4 is 5.32 Å². The minimum atomic E-state index is -0.867. The number of aromatic nitrogens is 2. The van der Waals surface area contributed by atoms with Crippen LogP contribution in [-0.4, -0.2) is 27.2 Å². The average Bonchev–Trinajstić information content (AvgIpc) is 2.89. The van der Waals surface area contributed by atoms with Crippen molar-refractivity contribution in [1.29, 1.82) is 0 Å². The van der Waals surface area contributed by atoms with Crippen molar-refractivity contribution < 1.29 is 14.7 Å². The zero-order chi connectivity index (χ0) is 12.3. The number of nitrogens with zero attached hydrogens (tertiary/aromatic N) is 1. The van der Waals surface area contributed by atoms with Gasteiger partial charge in [0.05, 0.1) is 17.3 Å². The molecule has 0 atom stereocenters. The molecule has 1 fully saturated rings. The van der Waals surface area contributed by atoms with E-state index >= 15 is 0 Å². The topological polar surface area (TPSA) is 95.1 Å². The number of carboxylic acids is 1. The Hall–Kier alpha value is -1.85. The summed E-state index contributed by atoms with van der Waals surface area (Å²) in [6.07, 6.45) is 6.01. The van der Waals surface area contributed by atoms with Gasteiger partial charge in [-0.1, -0.05) is 12.8 Å². The van der Waals surface area contributed by atoms with E-state index in [-0.39, 0.29) is 12.3 Å². The second-order valence-electron chi connectivity index (χ2n) is 4.50. The highest BCUT2D eigenvalue weighted by Gasteiger charge is 2.42. The molecule has 0 aliphatic heterocycles. The van der Waals surface area contributed by atoms with Gasteiger partial charge in [-0.15, -0.1) is 0 Å². The van der Waals surface area contributed by atoms with E-state index in [0.717, 1.165) is 12.8 Å². The molecule has 1 heterocycles. The van der Waals surface area contributed by atoms with E-state index in [1.54, 1.807) is 6.20 Å². The van der Waals surface area contributed by atoms with Crippen LogP contribution in [0, 0.1) is 5.41 Å². The van der Waals surface area contributed by atoms with Gasteiger partial charge in [-0.2, -0.15) is 5.10 Å². The Morgan fingerprint density at radius 2 is 2.18 bits per heavy atom.